The average Bonchev–Trinajstić information content (AvgIpc) is 2.17. The van der Waals surface area contributed by atoms with E-state index < -0.39 is 5.60 Å². The Labute approximate surface area is 120 Å². The van der Waals surface area contributed by atoms with Crippen molar-refractivity contribution in [3.05, 3.63) is 34.9 Å². The lowest BCUT2D eigenvalue weighted by molar-refractivity contribution is -0.896. The molecule has 19 heavy (non-hydrogen) atoms. The van der Waals surface area contributed by atoms with Crippen molar-refractivity contribution in [2.45, 2.75) is 32.9 Å². The van der Waals surface area contributed by atoms with Gasteiger partial charge in [0, 0.05) is 10.6 Å². The van der Waals surface area contributed by atoms with E-state index in [-0.39, 0.29) is 5.97 Å². The highest BCUT2D eigenvalue weighted by Gasteiger charge is 2.25. The number of hydrogen-bond donors (Lipinski definition) is 0. The maximum atomic E-state index is 11.9. The van der Waals surface area contributed by atoms with Crippen LogP contribution in [0.25, 0.3) is 0 Å². The van der Waals surface area contributed by atoms with E-state index >= 15 is 0 Å². The molecule has 0 aliphatic carbocycles. The summed E-state index contributed by atoms with van der Waals surface area (Å²) < 4.78 is 5.87. The molecule has 0 N–H and O–H groups in total. The van der Waals surface area contributed by atoms with Gasteiger partial charge in [-0.05, 0) is 26.8 Å². The highest BCUT2D eigenvalue weighted by Crippen LogP contribution is 2.19. The Balaban J connectivity index is 2.67. The van der Waals surface area contributed by atoms with Gasteiger partial charge in [-0.3, -0.25) is 0 Å². The first-order chi connectivity index (χ1) is 8.59. The second kappa shape index (κ2) is 5.93. The van der Waals surface area contributed by atoms with Crippen molar-refractivity contribution in [1.82, 2.24) is 0 Å². The number of rotatable bonds is 4. The molecule has 1 aromatic carbocycles. The van der Waals surface area contributed by atoms with E-state index in [0.29, 0.717) is 17.6 Å². The Morgan fingerprint density at radius 3 is 2.37 bits per heavy atom. The van der Waals surface area contributed by atoms with Crippen molar-refractivity contribution in [1.29, 1.82) is 0 Å². The van der Waals surface area contributed by atoms with Gasteiger partial charge in [-0.25, -0.2) is 4.79 Å². The van der Waals surface area contributed by atoms with E-state index in [0.717, 1.165) is 10.6 Å². The van der Waals surface area contributed by atoms with E-state index in [9.17, 15) is 4.79 Å². The highest BCUT2D eigenvalue weighted by atomic mass is 35.5. The second-order valence-corrected chi connectivity index (χ2v) is 6.84. The third kappa shape index (κ3) is 6.08. The lowest BCUT2D eigenvalue weighted by Crippen LogP contribution is -2.45. The van der Waals surface area contributed by atoms with E-state index in [1.54, 1.807) is 0 Å². The molecule has 0 saturated carbocycles. The van der Waals surface area contributed by atoms with Crippen LogP contribution in [-0.4, -0.2) is 36.7 Å². The van der Waals surface area contributed by atoms with Gasteiger partial charge < -0.3 is 9.22 Å². The standard InChI is InChI=1S/C15H23ClNO2/c1-15(2,3)19-14(18)11-17(4,5)10-12-8-6-7-9-13(12)16/h6-9H,10-11H2,1-5H3/q+1. The molecule has 0 bridgehead atoms. The van der Waals surface area contributed by atoms with Gasteiger partial charge in [0.15, 0.2) is 6.54 Å². The van der Waals surface area contributed by atoms with Crippen LogP contribution < -0.4 is 0 Å². The molecule has 0 amide bonds. The molecule has 1 rings (SSSR count). The molecule has 0 radical (unpaired) electrons. The monoisotopic (exact) mass is 284 g/mol. The quantitative estimate of drug-likeness (QED) is 0.627. The number of carbonyl (C=O) groups excluding carboxylic acids is 1. The normalized spacial score (nSPS) is 12.3. The minimum atomic E-state index is -0.443. The molecule has 0 aliphatic rings. The van der Waals surface area contributed by atoms with Crippen LogP contribution in [0.1, 0.15) is 26.3 Å². The minimum Gasteiger partial charge on any atom is -0.456 e. The SMILES string of the molecule is CC(C)(C)OC(=O)C[N+](C)(C)Cc1ccccc1Cl. The maximum Gasteiger partial charge on any atom is 0.362 e. The van der Waals surface area contributed by atoms with Crippen LogP contribution in [0.3, 0.4) is 0 Å². The van der Waals surface area contributed by atoms with Crippen molar-refractivity contribution in [2.24, 2.45) is 0 Å². The van der Waals surface area contributed by atoms with Crippen molar-refractivity contribution in [3.63, 3.8) is 0 Å². The summed E-state index contributed by atoms with van der Waals surface area (Å²) in [7, 11) is 3.99. The molecular formula is C15H23ClNO2+. The van der Waals surface area contributed by atoms with Crippen LogP contribution in [-0.2, 0) is 16.1 Å². The molecule has 106 valence electrons. The number of hydrogen-bond acceptors (Lipinski definition) is 2. The van der Waals surface area contributed by atoms with E-state index in [2.05, 4.69) is 0 Å². The largest absolute Gasteiger partial charge is 0.456 e. The Kier molecular flexibility index (Phi) is 4.99. The smallest absolute Gasteiger partial charge is 0.362 e. The summed E-state index contributed by atoms with van der Waals surface area (Å²) >= 11 is 6.15. The van der Waals surface area contributed by atoms with Gasteiger partial charge >= 0.3 is 5.97 Å². The van der Waals surface area contributed by atoms with Gasteiger partial charge in [0.1, 0.15) is 12.1 Å². The van der Waals surface area contributed by atoms with Crippen LogP contribution >= 0.6 is 11.6 Å². The summed E-state index contributed by atoms with van der Waals surface area (Å²) in [6.07, 6.45) is 0. The Morgan fingerprint density at radius 2 is 1.84 bits per heavy atom. The third-order valence-corrected chi connectivity index (χ3v) is 2.90. The first-order valence-corrected chi connectivity index (χ1v) is 6.74. The van der Waals surface area contributed by atoms with Crippen molar-refractivity contribution in [2.75, 3.05) is 20.6 Å². The van der Waals surface area contributed by atoms with Gasteiger partial charge in [0.05, 0.1) is 14.1 Å². The van der Waals surface area contributed by atoms with Crippen molar-refractivity contribution < 1.29 is 14.0 Å². The van der Waals surface area contributed by atoms with Crippen molar-refractivity contribution >= 4 is 17.6 Å². The summed E-state index contributed by atoms with van der Waals surface area (Å²) in [6.45, 7) is 6.64. The van der Waals surface area contributed by atoms with Crippen molar-refractivity contribution in [3.8, 4) is 0 Å². The van der Waals surface area contributed by atoms with Crippen LogP contribution in [0.4, 0.5) is 0 Å². The lowest BCUT2D eigenvalue weighted by atomic mass is 10.2. The molecule has 0 atom stereocenters. The molecule has 4 heteroatoms. The molecule has 0 spiro atoms. The first-order valence-electron chi connectivity index (χ1n) is 6.36. The van der Waals surface area contributed by atoms with Crippen LogP contribution in [0, 0.1) is 0 Å². The predicted octanol–water partition coefficient (Wildman–Crippen LogP) is 3.26. The number of halogens is 1. The first kappa shape index (κ1) is 16.0. The van der Waals surface area contributed by atoms with Gasteiger partial charge in [0.2, 0.25) is 0 Å². The summed E-state index contributed by atoms with van der Waals surface area (Å²) in [4.78, 5) is 11.9. The van der Waals surface area contributed by atoms with Crippen LogP contribution in [0.15, 0.2) is 24.3 Å². The fourth-order valence-corrected chi connectivity index (χ4v) is 2.06. The summed E-state index contributed by atoms with van der Waals surface area (Å²) in [5, 5.41) is 0.734. The second-order valence-electron chi connectivity index (χ2n) is 6.43. The summed E-state index contributed by atoms with van der Waals surface area (Å²) in [5.74, 6) is -0.190. The van der Waals surface area contributed by atoms with Crippen LogP contribution in [0.2, 0.25) is 5.02 Å². The summed E-state index contributed by atoms with van der Waals surface area (Å²) in [6, 6.07) is 7.70. The number of likely N-dealkylation sites (N-methyl/N-ethyl adjacent to an activating group) is 1. The number of ether oxygens (including phenoxy) is 1. The van der Waals surface area contributed by atoms with E-state index in [4.69, 9.17) is 16.3 Å². The molecule has 0 heterocycles. The zero-order chi connectivity index (χ0) is 14.7. The molecule has 0 aromatic heterocycles. The average molecular weight is 285 g/mol. The highest BCUT2D eigenvalue weighted by molar-refractivity contribution is 6.31. The Bertz CT molecular complexity index is 450. The molecule has 3 nitrogen and oxygen atoms in total. The predicted molar refractivity (Wildman–Crippen MR) is 78.0 cm³/mol. The fraction of sp³-hybridized carbons (Fsp3) is 0.533. The molecule has 0 aliphatic heterocycles. The van der Waals surface area contributed by atoms with E-state index in [1.165, 1.54) is 0 Å². The maximum absolute atomic E-state index is 11.9. The van der Waals surface area contributed by atoms with Gasteiger partial charge in [-0.2, -0.15) is 0 Å². The lowest BCUT2D eigenvalue weighted by Gasteiger charge is -2.30. The topological polar surface area (TPSA) is 26.3 Å². The van der Waals surface area contributed by atoms with Crippen LogP contribution in [0.5, 0.6) is 0 Å². The molecular weight excluding hydrogens is 262 g/mol. The Hall–Kier alpha value is -1.06. The zero-order valence-electron chi connectivity index (χ0n) is 12.4. The number of nitrogens with zero attached hydrogens (tertiary/aromatic N) is 1. The molecule has 0 saturated heterocycles. The third-order valence-electron chi connectivity index (χ3n) is 2.53. The molecule has 1 aromatic rings. The minimum absolute atomic E-state index is 0.190. The number of esters is 1. The summed E-state index contributed by atoms with van der Waals surface area (Å²) in [5.41, 5.74) is 0.597. The van der Waals surface area contributed by atoms with Gasteiger partial charge in [0.25, 0.3) is 0 Å². The van der Waals surface area contributed by atoms with Gasteiger partial charge in [-0.1, -0.05) is 29.8 Å². The van der Waals surface area contributed by atoms with E-state index in [1.807, 2.05) is 59.1 Å². The molecule has 0 fully saturated rings. The molecule has 0 unspecified atom stereocenters. The number of carbonyl (C=O) groups is 1. The Morgan fingerprint density at radius 1 is 1.26 bits per heavy atom. The zero-order valence-corrected chi connectivity index (χ0v) is 13.1. The fourth-order valence-electron chi connectivity index (χ4n) is 1.87. The number of benzene rings is 1. The number of quaternary nitrogens is 1. The van der Waals surface area contributed by atoms with Gasteiger partial charge in [-0.15, -0.1) is 0 Å².